The van der Waals surface area contributed by atoms with Crippen LogP contribution in [0.15, 0.2) is 73.1 Å². The number of carboxylic acid groups (broad SMARTS) is 1. The molecular formula is C28H19ClF3N3O6. The van der Waals surface area contributed by atoms with E-state index in [1.54, 1.807) is 12.1 Å². The van der Waals surface area contributed by atoms with E-state index in [4.69, 9.17) is 30.9 Å². The van der Waals surface area contributed by atoms with E-state index < -0.39 is 29.9 Å². The van der Waals surface area contributed by atoms with E-state index >= 15 is 0 Å². The Balaban J connectivity index is 1.26. The number of benzene rings is 3. The second-order valence-electron chi connectivity index (χ2n) is 8.78. The summed E-state index contributed by atoms with van der Waals surface area (Å²) < 4.78 is 54.9. The summed E-state index contributed by atoms with van der Waals surface area (Å²) in [6.45, 7) is 0.257. The van der Waals surface area contributed by atoms with Crippen molar-refractivity contribution in [1.29, 1.82) is 0 Å². The number of nitrogens with one attached hydrogen (secondary N) is 1. The minimum atomic E-state index is -4.45. The fourth-order valence-corrected chi connectivity index (χ4v) is 4.28. The number of hydrogen-bond acceptors (Lipinski definition) is 7. The van der Waals surface area contributed by atoms with Gasteiger partial charge in [0, 0.05) is 29.2 Å². The number of anilines is 1. The molecule has 1 amide bonds. The van der Waals surface area contributed by atoms with Crippen LogP contribution in [0.4, 0.5) is 23.8 Å². The zero-order chi connectivity index (χ0) is 29.1. The first-order valence-corrected chi connectivity index (χ1v) is 12.4. The van der Waals surface area contributed by atoms with Crippen molar-refractivity contribution in [3.63, 3.8) is 0 Å². The highest BCUT2D eigenvalue weighted by Gasteiger charge is 2.30. The van der Waals surface area contributed by atoms with Crippen molar-refractivity contribution in [1.82, 2.24) is 9.97 Å². The quantitative estimate of drug-likeness (QED) is 0.225. The SMILES string of the molecule is O=C(O)OC1CCOc2cc(Oc3ccc(C(=O)Nc4cncc(-c5ccc(C(F)(F)F)cc5)n4)cc3)c(Cl)cc21. The number of hydrogen-bond donors (Lipinski definition) is 2. The van der Waals surface area contributed by atoms with E-state index in [2.05, 4.69) is 15.3 Å². The van der Waals surface area contributed by atoms with E-state index in [0.29, 0.717) is 29.0 Å². The first-order chi connectivity index (χ1) is 19.6. The van der Waals surface area contributed by atoms with Crippen molar-refractivity contribution in [2.45, 2.75) is 18.7 Å². The van der Waals surface area contributed by atoms with Crippen LogP contribution >= 0.6 is 11.6 Å². The standard InChI is InChI=1S/C28H19ClF3N3O6/c29-20-11-19-22(41-27(37)38)9-10-39-23(19)12-24(20)40-18-7-3-16(4-8-18)26(36)35-25-14-33-13-21(34-25)15-1-5-17(6-2-15)28(30,31)32/h1-8,11-14,22H,9-10H2,(H,37,38)(H,34,35,36). The number of rotatable bonds is 6. The van der Waals surface area contributed by atoms with Crippen LogP contribution < -0.4 is 14.8 Å². The Hall–Kier alpha value is -4.84. The Bertz CT molecular complexity index is 1600. The van der Waals surface area contributed by atoms with Crippen LogP contribution in [0.25, 0.3) is 11.3 Å². The second-order valence-corrected chi connectivity index (χ2v) is 9.18. The smallest absolute Gasteiger partial charge is 0.493 e. The van der Waals surface area contributed by atoms with E-state index in [-0.39, 0.29) is 34.5 Å². The van der Waals surface area contributed by atoms with E-state index in [0.717, 1.165) is 12.1 Å². The third-order valence-electron chi connectivity index (χ3n) is 6.02. The zero-order valence-corrected chi connectivity index (χ0v) is 21.6. The lowest BCUT2D eigenvalue weighted by atomic mass is 10.0. The van der Waals surface area contributed by atoms with Gasteiger partial charge in [-0.3, -0.25) is 9.78 Å². The van der Waals surface area contributed by atoms with Crippen molar-refractivity contribution < 1.29 is 42.1 Å². The molecule has 13 heteroatoms. The molecule has 2 heterocycles. The number of amides is 1. The van der Waals surface area contributed by atoms with Gasteiger partial charge < -0.3 is 24.6 Å². The average molecular weight is 586 g/mol. The Labute approximate surface area is 235 Å². The Morgan fingerprint density at radius 2 is 1.78 bits per heavy atom. The summed E-state index contributed by atoms with van der Waals surface area (Å²) in [4.78, 5) is 32.0. The third-order valence-corrected chi connectivity index (χ3v) is 6.32. The van der Waals surface area contributed by atoms with Crippen molar-refractivity contribution >= 4 is 29.5 Å². The summed E-state index contributed by atoms with van der Waals surface area (Å²) in [7, 11) is 0. The first kappa shape index (κ1) is 27.7. The minimum absolute atomic E-state index is 0.110. The second kappa shape index (κ2) is 11.3. The lowest BCUT2D eigenvalue weighted by molar-refractivity contribution is -0.137. The van der Waals surface area contributed by atoms with E-state index in [1.807, 2.05) is 0 Å². The molecule has 3 aromatic carbocycles. The first-order valence-electron chi connectivity index (χ1n) is 12.0. The molecule has 1 aromatic heterocycles. The predicted molar refractivity (Wildman–Crippen MR) is 140 cm³/mol. The maximum Gasteiger partial charge on any atom is 0.506 e. The van der Waals surface area contributed by atoms with Gasteiger partial charge in [0.15, 0.2) is 5.82 Å². The average Bonchev–Trinajstić information content (AvgIpc) is 2.94. The van der Waals surface area contributed by atoms with Gasteiger partial charge in [0.25, 0.3) is 5.91 Å². The minimum Gasteiger partial charge on any atom is -0.493 e. The number of ether oxygens (including phenoxy) is 3. The largest absolute Gasteiger partial charge is 0.506 e. The third kappa shape index (κ3) is 6.49. The van der Waals surface area contributed by atoms with Gasteiger partial charge in [-0.1, -0.05) is 23.7 Å². The Morgan fingerprint density at radius 3 is 2.46 bits per heavy atom. The Kier molecular flexibility index (Phi) is 7.66. The number of alkyl halides is 3. The molecule has 9 nitrogen and oxygen atoms in total. The molecule has 4 aromatic rings. The maximum atomic E-state index is 12.8. The molecule has 1 atom stereocenters. The van der Waals surface area contributed by atoms with Gasteiger partial charge in [-0.15, -0.1) is 0 Å². The van der Waals surface area contributed by atoms with Crippen LogP contribution in [-0.2, 0) is 10.9 Å². The molecule has 0 spiro atoms. The van der Waals surface area contributed by atoms with Crippen molar-refractivity contribution in [2.24, 2.45) is 0 Å². The molecule has 0 saturated heterocycles. The van der Waals surface area contributed by atoms with Crippen LogP contribution in [-0.4, -0.2) is 33.7 Å². The highest BCUT2D eigenvalue weighted by atomic mass is 35.5. The van der Waals surface area contributed by atoms with E-state index in [1.165, 1.54) is 48.8 Å². The van der Waals surface area contributed by atoms with Crippen molar-refractivity contribution in [3.05, 3.63) is 94.8 Å². The molecular weight excluding hydrogens is 567 g/mol. The number of nitrogens with zero attached hydrogens (tertiary/aromatic N) is 2. The molecule has 1 aliphatic rings. The summed E-state index contributed by atoms with van der Waals surface area (Å²) >= 11 is 6.36. The molecule has 0 saturated carbocycles. The highest BCUT2D eigenvalue weighted by Crippen LogP contribution is 2.42. The Morgan fingerprint density at radius 1 is 1.05 bits per heavy atom. The molecule has 2 N–H and O–H groups in total. The van der Waals surface area contributed by atoms with Gasteiger partial charge in [-0.25, -0.2) is 9.78 Å². The molecule has 0 aliphatic carbocycles. The summed E-state index contributed by atoms with van der Waals surface area (Å²) in [5, 5.41) is 11.8. The number of aromatic nitrogens is 2. The molecule has 1 aliphatic heterocycles. The summed E-state index contributed by atoms with van der Waals surface area (Å²) in [6, 6.07) is 13.6. The summed E-state index contributed by atoms with van der Waals surface area (Å²) in [5.41, 5.74) is 0.666. The van der Waals surface area contributed by atoms with Crippen LogP contribution in [0.5, 0.6) is 17.2 Å². The van der Waals surface area contributed by atoms with Crippen LogP contribution in [0.2, 0.25) is 5.02 Å². The van der Waals surface area contributed by atoms with Gasteiger partial charge in [0.2, 0.25) is 0 Å². The molecule has 1 unspecified atom stereocenters. The van der Waals surface area contributed by atoms with Gasteiger partial charge in [0.1, 0.15) is 23.4 Å². The van der Waals surface area contributed by atoms with Crippen LogP contribution in [0.1, 0.15) is 34.0 Å². The van der Waals surface area contributed by atoms with Gasteiger partial charge in [-0.05, 0) is 42.5 Å². The normalized spacial score (nSPS) is 14.4. The molecule has 5 rings (SSSR count). The van der Waals surface area contributed by atoms with E-state index in [9.17, 15) is 22.8 Å². The lowest BCUT2D eigenvalue weighted by Crippen LogP contribution is -2.18. The predicted octanol–water partition coefficient (Wildman–Crippen LogP) is 7.38. The highest BCUT2D eigenvalue weighted by molar-refractivity contribution is 6.32. The topological polar surface area (TPSA) is 120 Å². The number of halogens is 4. The molecule has 210 valence electrons. The molecule has 0 fully saturated rings. The monoisotopic (exact) mass is 585 g/mol. The maximum absolute atomic E-state index is 12.8. The fourth-order valence-electron chi connectivity index (χ4n) is 4.07. The van der Waals surface area contributed by atoms with Crippen molar-refractivity contribution in [3.8, 4) is 28.5 Å². The van der Waals surface area contributed by atoms with Gasteiger partial charge in [0.05, 0.1) is 35.3 Å². The van der Waals surface area contributed by atoms with Gasteiger partial charge >= 0.3 is 12.3 Å². The summed E-state index contributed by atoms with van der Waals surface area (Å²) in [6.07, 6.45) is -3.52. The van der Waals surface area contributed by atoms with Crippen molar-refractivity contribution in [2.75, 3.05) is 11.9 Å². The number of carbonyl (C=O) groups excluding carboxylic acids is 1. The van der Waals surface area contributed by atoms with Crippen LogP contribution in [0.3, 0.4) is 0 Å². The molecule has 0 bridgehead atoms. The molecule has 41 heavy (non-hydrogen) atoms. The van der Waals surface area contributed by atoms with Crippen LogP contribution in [0, 0.1) is 0 Å². The number of carbonyl (C=O) groups is 2. The summed E-state index contributed by atoms with van der Waals surface area (Å²) in [5.74, 6) is 0.618. The zero-order valence-electron chi connectivity index (χ0n) is 20.8. The molecule has 0 radical (unpaired) electrons. The lowest BCUT2D eigenvalue weighted by Gasteiger charge is -2.25. The number of fused-ring (bicyclic) bond motifs is 1. The fraction of sp³-hybridized carbons (Fsp3) is 0.143. The van der Waals surface area contributed by atoms with Gasteiger partial charge in [-0.2, -0.15) is 13.2 Å².